The summed E-state index contributed by atoms with van der Waals surface area (Å²) in [6, 6.07) is 12.5. The predicted octanol–water partition coefficient (Wildman–Crippen LogP) is 6.24. The largest absolute Gasteiger partial charge is 0.368 e. The third-order valence-corrected chi connectivity index (χ3v) is 10.0. The molecule has 2 aliphatic rings. The van der Waals surface area contributed by atoms with Crippen molar-refractivity contribution in [2.24, 2.45) is 17.6 Å². The molecule has 0 spiro atoms. The van der Waals surface area contributed by atoms with Crippen molar-refractivity contribution in [2.45, 2.75) is 70.4 Å². The van der Waals surface area contributed by atoms with Crippen molar-refractivity contribution in [1.29, 1.82) is 0 Å². The van der Waals surface area contributed by atoms with Crippen LogP contribution in [0.5, 0.6) is 0 Å². The Hall–Kier alpha value is -2.77. The van der Waals surface area contributed by atoms with Crippen LogP contribution in [0, 0.1) is 18.8 Å². The van der Waals surface area contributed by atoms with E-state index in [2.05, 4.69) is 32.9 Å². The van der Waals surface area contributed by atoms with Gasteiger partial charge in [0.15, 0.2) is 5.78 Å². The normalized spacial score (nSPS) is 24.2. The second-order valence-corrected chi connectivity index (χ2v) is 13.3. The van der Waals surface area contributed by atoms with E-state index in [4.69, 9.17) is 5.73 Å². The molecule has 1 saturated carbocycles. The standard InChI is InChI=1S/C30H34N2O3S2/c1-17-14-16-37-27(17)24-23(26(33)21-9-6-15-36-21)22(18-10-12-20(13-11-18)30(2,3)4)25(28(31)34)32(24)29(35)19-7-5-8-19/h6,9-16,19,22-25H,5,7-8H2,1-4H3,(H2,31,34). The number of Topliss-reactive ketones (excluding diaryl/α,β-unsaturated/α-hetero) is 1. The van der Waals surface area contributed by atoms with Crippen molar-refractivity contribution in [3.05, 3.63) is 79.7 Å². The summed E-state index contributed by atoms with van der Waals surface area (Å²) in [5.74, 6) is -1.91. The molecule has 5 nitrogen and oxygen atoms in total. The Kier molecular flexibility index (Phi) is 6.88. The average molecular weight is 535 g/mol. The van der Waals surface area contributed by atoms with E-state index in [9.17, 15) is 14.4 Å². The Labute approximate surface area is 226 Å². The highest BCUT2D eigenvalue weighted by Gasteiger charge is 2.58. The maximum atomic E-state index is 14.2. The first-order valence-corrected chi connectivity index (χ1v) is 14.7. The fourth-order valence-corrected chi connectivity index (χ4v) is 7.61. The van der Waals surface area contributed by atoms with Crippen molar-refractivity contribution >= 4 is 40.3 Å². The fraction of sp³-hybridized carbons (Fsp3) is 0.433. The minimum atomic E-state index is -0.894. The first-order chi connectivity index (χ1) is 17.6. The minimum Gasteiger partial charge on any atom is -0.368 e. The Morgan fingerprint density at radius 2 is 1.68 bits per heavy atom. The smallest absolute Gasteiger partial charge is 0.240 e. The number of likely N-dealkylation sites (tertiary alicyclic amines) is 1. The third-order valence-electron chi connectivity index (χ3n) is 8.07. The average Bonchev–Trinajstić information content (AvgIpc) is 3.55. The van der Waals surface area contributed by atoms with Crippen LogP contribution in [0.25, 0.3) is 0 Å². The number of thiophene rings is 2. The molecule has 2 fully saturated rings. The van der Waals surface area contributed by atoms with Crippen LogP contribution >= 0.6 is 22.7 Å². The van der Waals surface area contributed by atoms with Crippen LogP contribution in [0.15, 0.2) is 53.2 Å². The molecule has 5 rings (SSSR count). The van der Waals surface area contributed by atoms with Crippen LogP contribution in [-0.2, 0) is 15.0 Å². The monoisotopic (exact) mass is 534 g/mol. The topological polar surface area (TPSA) is 80.5 Å². The van der Waals surface area contributed by atoms with E-state index in [1.165, 1.54) is 16.9 Å². The third kappa shape index (κ3) is 4.57. The summed E-state index contributed by atoms with van der Waals surface area (Å²) < 4.78 is 0. The van der Waals surface area contributed by atoms with Gasteiger partial charge in [0.1, 0.15) is 6.04 Å². The quantitative estimate of drug-likeness (QED) is 0.380. The summed E-state index contributed by atoms with van der Waals surface area (Å²) in [6.07, 6.45) is 2.63. The molecule has 194 valence electrons. The van der Waals surface area contributed by atoms with Crippen LogP contribution in [0.2, 0.25) is 0 Å². The molecular weight excluding hydrogens is 500 g/mol. The van der Waals surface area contributed by atoms with E-state index in [-0.39, 0.29) is 23.0 Å². The van der Waals surface area contributed by atoms with E-state index >= 15 is 0 Å². The first-order valence-electron chi connectivity index (χ1n) is 12.9. The molecule has 1 aliphatic heterocycles. The van der Waals surface area contributed by atoms with Crippen LogP contribution in [-0.4, -0.2) is 28.5 Å². The second kappa shape index (κ2) is 9.84. The zero-order valence-electron chi connectivity index (χ0n) is 21.8. The van der Waals surface area contributed by atoms with E-state index in [0.717, 1.165) is 35.3 Å². The van der Waals surface area contributed by atoms with Gasteiger partial charge in [0, 0.05) is 16.7 Å². The number of nitrogens with two attached hydrogens (primary N) is 1. The van der Waals surface area contributed by atoms with Gasteiger partial charge in [0.05, 0.1) is 16.8 Å². The second-order valence-electron chi connectivity index (χ2n) is 11.4. The molecule has 0 radical (unpaired) electrons. The molecule has 1 saturated heterocycles. The highest BCUT2D eigenvalue weighted by Crippen LogP contribution is 2.54. The van der Waals surface area contributed by atoms with E-state index in [1.54, 1.807) is 16.2 Å². The molecule has 2 aromatic heterocycles. The number of amides is 2. The SMILES string of the molecule is Cc1ccsc1C1C(C(=O)c2cccs2)C(c2ccc(C(C)(C)C)cc2)C(C(N)=O)N1C(=O)C1CCC1. The lowest BCUT2D eigenvalue weighted by Gasteiger charge is -2.36. The molecule has 3 aromatic rings. The Bertz CT molecular complexity index is 1300. The summed E-state index contributed by atoms with van der Waals surface area (Å²) in [7, 11) is 0. The Balaban J connectivity index is 1.72. The molecule has 4 unspecified atom stereocenters. The number of rotatable bonds is 6. The van der Waals surface area contributed by atoms with Gasteiger partial charge in [-0.25, -0.2) is 0 Å². The van der Waals surface area contributed by atoms with Gasteiger partial charge in [0.25, 0.3) is 0 Å². The van der Waals surface area contributed by atoms with Gasteiger partial charge in [-0.15, -0.1) is 22.7 Å². The highest BCUT2D eigenvalue weighted by atomic mass is 32.1. The number of carbonyl (C=O) groups is 3. The first kappa shape index (κ1) is 25.9. The summed E-state index contributed by atoms with van der Waals surface area (Å²) in [5.41, 5.74) is 9.13. The summed E-state index contributed by atoms with van der Waals surface area (Å²) in [6.45, 7) is 8.47. The fourth-order valence-electron chi connectivity index (χ4n) is 5.83. The molecule has 3 heterocycles. The van der Waals surface area contributed by atoms with Gasteiger partial charge < -0.3 is 10.6 Å². The summed E-state index contributed by atoms with van der Waals surface area (Å²) in [4.78, 5) is 44.8. The maximum absolute atomic E-state index is 14.2. The minimum absolute atomic E-state index is 0.0344. The lowest BCUT2D eigenvalue weighted by Crippen LogP contribution is -2.49. The predicted molar refractivity (Wildman–Crippen MR) is 149 cm³/mol. The van der Waals surface area contributed by atoms with Crippen molar-refractivity contribution in [3.63, 3.8) is 0 Å². The Morgan fingerprint density at radius 3 is 2.16 bits per heavy atom. The molecule has 7 heteroatoms. The lowest BCUT2D eigenvalue weighted by atomic mass is 9.77. The number of carbonyl (C=O) groups excluding carboxylic acids is 3. The number of nitrogens with zero attached hydrogens (tertiary/aromatic N) is 1. The van der Waals surface area contributed by atoms with Gasteiger partial charge in [-0.05, 0) is 64.8 Å². The summed E-state index contributed by atoms with van der Waals surface area (Å²) >= 11 is 2.95. The summed E-state index contributed by atoms with van der Waals surface area (Å²) in [5, 5.41) is 3.89. The van der Waals surface area contributed by atoms with Crippen LogP contribution < -0.4 is 5.73 Å². The molecule has 2 amide bonds. The molecule has 37 heavy (non-hydrogen) atoms. The van der Waals surface area contributed by atoms with E-state index in [1.807, 2.05) is 48.0 Å². The highest BCUT2D eigenvalue weighted by molar-refractivity contribution is 7.12. The lowest BCUT2D eigenvalue weighted by molar-refractivity contribution is -0.145. The molecule has 1 aliphatic carbocycles. The van der Waals surface area contributed by atoms with Gasteiger partial charge in [-0.3, -0.25) is 14.4 Å². The van der Waals surface area contributed by atoms with Crippen molar-refractivity contribution in [1.82, 2.24) is 4.90 Å². The van der Waals surface area contributed by atoms with Gasteiger partial charge in [-0.2, -0.15) is 0 Å². The zero-order chi connectivity index (χ0) is 26.5. The molecule has 4 atom stereocenters. The van der Waals surface area contributed by atoms with Gasteiger partial charge in [-0.1, -0.05) is 57.5 Å². The number of primary amides is 1. The number of aryl methyl sites for hydroxylation is 1. The van der Waals surface area contributed by atoms with Crippen molar-refractivity contribution in [3.8, 4) is 0 Å². The van der Waals surface area contributed by atoms with Crippen LogP contribution in [0.3, 0.4) is 0 Å². The van der Waals surface area contributed by atoms with Crippen molar-refractivity contribution in [2.75, 3.05) is 0 Å². The van der Waals surface area contributed by atoms with Crippen LogP contribution in [0.4, 0.5) is 0 Å². The van der Waals surface area contributed by atoms with E-state index in [0.29, 0.717) is 4.88 Å². The molecule has 1 aromatic carbocycles. The number of hydrogen-bond acceptors (Lipinski definition) is 5. The number of hydrogen-bond donors (Lipinski definition) is 1. The maximum Gasteiger partial charge on any atom is 0.240 e. The number of ketones is 1. The Morgan fingerprint density at radius 1 is 0.973 bits per heavy atom. The number of benzene rings is 1. The van der Waals surface area contributed by atoms with Gasteiger partial charge >= 0.3 is 0 Å². The van der Waals surface area contributed by atoms with Crippen molar-refractivity contribution < 1.29 is 14.4 Å². The molecule has 0 bridgehead atoms. The molecule has 2 N–H and O–H groups in total. The molecular formula is C30H34N2O3S2. The van der Waals surface area contributed by atoms with Crippen LogP contribution in [0.1, 0.15) is 83.2 Å². The van der Waals surface area contributed by atoms with E-state index < -0.39 is 29.8 Å². The zero-order valence-corrected chi connectivity index (χ0v) is 23.4. The van der Waals surface area contributed by atoms with Gasteiger partial charge in [0.2, 0.25) is 11.8 Å².